The van der Waals surface area contributed by atoms with Gasteiger partial charge in [-0.15, -0.1) is 0 Å². The van der Waals surface area contributed by atoms with Crippen molar-refractivity contribution < 1.29 is 24.3 Å². The molecule has 0 aromatic heterocycles. The highest BCUT2D eigenvalue weighted by Crippen LogP contribution is 2.22. The van der Waals surface area contributed by atoms with Crippen LogP contribution in [0.5, 0.6) is 0 Å². The fraction of sp³-hybridized carbons (Fsp3) is 0.789. The van der Waals surface area contributed by atoms with Crippen LogP contribution in [-0.2, 0) is 19.2 Å². The molecule has 2 heterocycles. The van der Waals surface area contributed by atoms with Gasteiger partial charge in [-0.1, -0.05) is 0 Å². The highest BCUT2D eigenvalue weighted by atomic mass is 16.4. The lowest BCUT2D eigenvalue weighted by molar-refractivity contribution is -0.151. The number of likely N-dealkylation sites (tertiary alicyclic amines) is 1. The van der Waals surface area contributed by atoms with Crippen LogP contribution in [0.3, 0.4) is 0 Å². The van der Waals surface area contributed by atoms with Crippen LogP contribution < -0.4 is 16.0 Å². The quantitative estimate of drug-likeness (QED) is 0.451. The topological polar surface area (TPSA) is 128 Å². The molecule has 9 heteroatoms. The molecule has 158 valence electrons. The van der Waals surface area contributed by atoms with Crippen molar-refractivity contribution in [2.45, 2.75) is 58.0 Å². The lowest BCUT2D eigenvalue weighted by atomic mass is 9.92. The van der Waals surface area contributed by atoms with Gasteiger partial charge in [0.05, 0.1) is 5.92 Å². The summed E-state index contributed by atoms with van der Waals surface area (Å²) >= 11 is 0. The Morgan fingerprint density at radius 3 is 2.43 bits per heavy atom. The number of aliphatic carboxylic acids is 1. The molecule has 0 aromatic rings. The van der Waals surface area contributed by atoms with Gasteiger partial charge in [0.1, 0.15) is 0 Å². The zero-order valence-electron chi connectivity index (χ0n) is 16.8. The number of hydrogen-bond donors (Lipinski definition) is 4. The molecule has 2 aliphatic rings. The summed E-state index contributed by atoms with van der Waals surface area (Å²) in [6, 6.07) is 0. The minimum Gasteiger partial charge on any atom is -0.478 e. The molecule has 2 atom stereocenters. The van der Waals surface area contributed by atoms with Crippen LogP contribution in [0, 0.1) is 11.8 Å². The van der Waals surface area contributed by atoms with E-state index in [4.69, 9.17) is 0 Å². The second-order valence-corrected chi connectivity index (χ2v) is 8.01. The first-order chi connectivity index (χ1) is 13.2. The van der Waals surface area contributed by atoms with E-state index in [2.05, 4.69) is 16.0 Å². The Labute approximate surface area is 165 Å². The molecule has 2 saturated heterocycles. The average Bonchev–Trinajstić information content (AvgIpc) is 2.66. The molecule has 2 rings (SSSR count). The number of nitrogens with zero attached hydrogens (tertiary/aromatic N) is 1. The van der Waals surface area contributed by atoms with Gasteiger partial charge in [0.15, 0.2) is 0 Å². The Hall–Kier alpha value is -2.16. The van der Waals surface area contributed by atoms with Gasteiger partial charge in [-0.05, 0) is 58.0 Å². The maximum absolute atomic E-state index is 12.6. The summed E-state index contributed by atoms with van der Waals surface area (Å²) in [4.78, 5) is 49.7. The van der Waals surface area contributed by atoms with Gasteiger partial charge < -0.3 is 26.0 Å². The highest BCUT2D eigenvalue weighted by molar-refractivity contribution is 5.91. The lowest BCUT2D eigenvalue weighted by Gasteiger charge is -2.35. The van der Waals surface area contributed by atoms with E-state index in [0.29, 0.717) is 31.7 Å². The Kier molecular flexibility index (Phi) is 7.79. The summed E-state index contributed by atoms with van der Waals surface area (Å²) in [5, 5.41) is 17.4. The zero-order valence-corrected chi connectivity index (χ0v) is 16.8. The molecule has 2 fully saturated rings. The van der Waals surface area contributed by atoms with Crippen molar-refractivity contribution in [2.75, 3.05) is 26.2 Å². The number of hydrogen-bond acceptors (Lipinski definition) is 5. The third-order valence-electron chi connectivity index (χ3n) is 5.60. The van der Waals surface area contributed by atoms with Gasteiger partial charge in [0, 0.05) is 26.4 Å². The van der Waals surface area contributed by atoms with Crippen molar-refractivity contribution in [3.8, 4) is 0 Å². The first-order valence-electron chi connectivity index (χ1n) is 10.0. The maximum atomic E-state index is 12.6. The maximum Gasteiger partial charge on any atom is 0.350 e. The predicted molar refractivity (Wildman–Crippen MR) is 102 cm³/mol. The standard InChI is InChI=1S/C19H32N4O5/c1-13(24)21-19(2,18(27)28)22-17(26)15-4-3-11-23(12-15)16(25)6-5-14-7-9-20-10-8-14/h14-15,20H,3-12H2,1-2H3,(H,21,24)(H,22,26)(H,27,28)/t15-,19+/m1/s1. The molecule has 0 unspecified atom stereocenters. The van der Waals surface area contributed by atoms with Gasteiger partial charge >= 0.3 is 5.97 Å². The Balaban J connectivity index is 1.88. The van der Waals surface area contributed by atoms with Gasteiger partial charge in [-0.2, -0.15) is 0 Å². The third kappa shape index (κ3) is 6.19. The molecule has 0 aromatic carbocycles. The van der Waals surface area contributed by atoms with Crippen molar-refractivity contribution in [2.24, 2.45) is 11.8 Å². The van der Waals surface area contributed by atoms with Crippen LogP contribution in [0.4, 0.5) is 0 Å². The van der Waals surface area contributed by atoms with Crippen LogP contribution in [0.25, 0.3) is 0 Å². The number of carbonyl (C=O) groups is 4. The van der Waals surface area contributed by atoms with Crippen LogP contribution >= 0.6 is 0 Å². The van der Waals surface area contributed by atoms with Crippen molar-refractivity contribution in [3.05, 3.63) is 0 Å². The van der Waals surface area contributed by atoms with Crippen molar-refractivity contribution in [1.29, 1.82) is 0 Å². The Morgan fingerprint density at radius 2 is 1.82 bits per heavy atom. The number of carboxylic acid groups (broad SMARTS) is 1. The van der Waals surface area contributed by atoms with Gasteiger partial charge in [-0.3, -0.25) is 14.4 Å². The van der Waals surface area contributed by atoms with Crippen LogP contribution in [0.15, 0.2) is 0 Å². The van der Waals surface area contributed by atoms with E-state index < -0.39 is 29.4 Å². The summed E-state index contributed by atoms with van der Waals surface area (Å²) in [5.74, 6) is -2.22. The molecule has 28 heavy (non-hydrogen) atoms. The summed E-state index contributed by atoms with van der Waals surface area (Å²) in [5.41, 5.74) is -1.87. The predicted octanol–water partition coefficient (Wildman–Crippen LogP) is 0.0579. The Morgan fingerprint density at radius 1 is 1.14 bits per heavy atom. The van der Waals surface area contributed by atoms with E-state index in [0.717, 1.165) is 32.4 Å². The molecule has 0 aliphatic carbocycles. The fourth-order valence-corrected chi connectivity index (χ4v) is 3.91. The summed E-state index contributed by atoms with van der Waals surface area (Å²) in [6.45, 7) is 5.34. The largest absolute Gasteiger partial charge is 0.478 e. The number of piperidine rings is 2. The van der Waals surface area contributed by atoms with Crippen LogP contribution in [0.2, 0.25) is 0 Å². The van der Waals surface area contributed by atoms with Gasteiger partial charge in [-0.25, -0.2) is 4.79 Å². The van der Waals surface area contributed by atoms with Crippen molar-refractivity contribution >= 4 is 23.7 Å². The second kappa shape index (κ2) is 9.86. The number of carbonyl (C=O) groups excluding carboxylic acids is 3. The number of amides is 3. The molecule has 0 radical (unpaired) electrons. The third-order valence-corrected chi connectivity index (χ3v) is 5.60. The van der Waals surface area contributed by atoms with E-state index in [1.807, 2.05) is 0 Å². The summed E-state index contributed by atoms with van der Waals surface area (Å²) in [7, 11) is 0. The smallest absolute Gasteiger partial charge is 0.350 e. The van der Waals surface area contributed by atoms with Gasteiger partial charge in [0.25, 0.3) is 0 Å². The van der Waals surface area contributed by atoms with Crippen LogP contribution in [0.1, 0.15) is 52.4 Å². The molecule has 3 amide bonds. The summed E-state index contributed by atoms with van der Waals surface area (Å²) < 4.78 is 0. The fourth-order valence-electron chi connectivity index (χ4n) is 3.91. The first kappa shape index (κ1) is 22.1. The second-order valence-electron chi connectivity index (χ2n) is 8.01. The molecule has 4 N–H and O–H groups in total. The number of rotatable bonds is 7. The zero-order chi connectivity index (χ0) is 20.7. The van der Waals surface area contributed by atoms with E-state index in [9.17, 15) is 24.3 Å². The van der Waals surface area contributed by atoms with Gasteiger partial charge in [0.2, 0.25) is 23.4 Å². The lowest BCUT2D eigenvalue weighted by Crippen LogP contribution is -2.64. The van der Waals surface area contributed by atoms with E-state index >= 15 is 0 Å². The monoisotopic (exact) mass is 396 g/mol. The first-order valence-corrected chi connectivity index (χ1v) is 10.0. The molecule has 0 bridgehead atoms. The minimum absolute atomic E-state index is 0.0545. The number of carboxylic acids is 1. The number of nitrogens with one attached hydrogen (secondary N) is 3. The molecular weight excluding hydrogens is 364 g/mol. The van der Waals surface area contributed by atoms with E-state index in [1.165, 1.54) is 13.8 Å². The average molecular weight is 396 g/mol. The Bertz CT molecular complexity index is 605. The molecule has 9 nitrogen and oxygen atoms in total. The SMILES string of the molecule is CC(=O)N[C@@](C)(NC(=O)[C@@H]1CCCN(C(=O)CCC2CCNCC2)C1)C(=O)O. The van der Waals surface area contributed by atoms with Crippen molar-refractivity contribution in [1.82, 2.24) is 20.9 Å². The molecule has 0 saturated carbocycles. The van der Waals surface area contributed by atoms with E-state index in [1.54, 1.807) is 4.90 Å². The minimum atomic E-state index is -1.87. The molecule has 0 spiro atoms. The van der Waals surface area contributed by atoms with Crippen molar-refractivity contribution in [3.63, 3.8) is 0 Å². The van der Waals surface area contributed by atoms with E-state index in [-0.39, 0.29) is 12.5 Å². The molecule has 2 aliphatic heterocycles. The molecular formula is C19H32N4O5. The highest BCUT2D eigenvalue weighted by Gasteiger charge is 2.38. The van der Waals surface area contributed by atoms with Crippen LogP contribution in [-0.4, -0.2) is 65.5 Å². The summed E-state index contributed by atoms with van der Waals surface area (Å²) in [6.07, 6.45) is 4.82. The normalized spacial score (nSPS) is 22.8.